The van der Waals surface area contributed by atoms with E-state index in [9.17, 15) is 27.2 Å². The van der Waals surface area contributed by atoms with Crippen molar-refractivity contribution in [3.05, 3.63) is 35.6 Å². The molecule has 1 amide bonds. The first-order valence-corrected chi connectivity index (χ1v) is 7.71. The zero-order chi connectivity index (χ0) is 19.1. The van der Waals surface area contributed by atoms with Crippen LogP contribution in [0.4, 0.5) is 17.6 Å². The maximum absolute atomic E-state index is 13.7. The highest BCUT2D eigenvalue weighted by molar-refractivity contribution is 5.88. The van der Waals surface area contributed by atoms with E-state index in [0.29, 0.717) is 0 Å². The number of hydrogen-bond donors (Lipinski definition) is 2. The minimum absolute atomic E-state index is 0.0924. The number of alkyl halides is 3. The van der Waals surface area contributed by atoms with Crippen LogP contribution in [-0.2, 0) is 20.9 Å². The quantitative estimate of drug-likeness (QED) is 0.423. The minimum atomic E-state index is -5.20. The third kappa shape index (κ3) is 5.15. The van der Waals surface area contributed by atoms with Crippen LogP contribution in [0.3, 0.4) is 0 Å². The van der Waals surface area contributed by atoms with Crippen molar-refractivity contribution in [1.29, 1.82) is 0 Å². The summed E-state index contributed by atoms with van der Waals surface area (Å²) in [4.78, 5) is 23.8. The molecule has 0 heterocycles. The van der Waals surface area contributed by atoms with Crippen molar-refractivity contribution in [2.24, 2.45) is 0 Å². The lowest BCUT2D eigenvalue weighted by molar-refractivity contribution is -0.222. The SMILES string of the molecule is CCCC(=O)NC(NCc1ccccc1F)(C(=O)OCC)C(F)(F)F. The van der Waals surface area contributed by atoms with Gasteiger partial charge in [0.2, 0.25) is 5.91 Å². The van der Waals surface area contributed by atoms with E-state index in [0.717, 1.165) is 6.07 Å². The number of hydrogen-bond acceptors (Lipinski definition) is 4. The molecule has 1 aromatic rings. The molecular formula is C16H20F4N2O3. The van der Waals surface area contributed by atoms with Gasteiger partial charge >= 0.3 is 12.1 Å². The van der Waals surface area contributed by atoms with Crippen LogP contribution in [0, 0.1) is 5.82 Å². The molecule has 1 rings (SSSR count). The Labute approximate surface area is 142 Å². The maximum Gasteiger partial charge on any atom is 0.436 e. The second kappa shape index (κ2) is 8.80. The van der Waals surface area contributed by atoms with Crippen LogP contribution in [0.5, 0.6) is 0 Å². The third-order valence-corrected chi connectivity index (χ3v) is 3.31. The van der Waals surface area contributed by atoms with Crippen molar-refractivity contribution in [2.75, 3.05) is 6.61 Å². The molecule has 0 bridgehead atoms. The molecule has 0 radical (unpaired) electrons. The number of rotatable bonds is 8. The van der Waals surface area contributed by atoms with E-state index < -0.39 is 36.1 Å². The first-order chi connectivity index (χ1) is 11.7. The van der Waals surface area contributed by atoms with Gasteiger partial charge in [-0.25, -0.2) is 9.18 Å². The summed E-state index contributed by atoms with van der Waals surface area (Å²) in [5.41, 5.74) is -3.55. The zero-order valence-corrected chi connectivity index (χ0v) is 13.9. The number of ether oxygens (including phenoxy) is 1. The molecular weight excluding hydrogens is 344 g/mol. The van der Waals surface area contributed by atoms with Crippen molar-refractivity contribution in [3.8, 4) is 0 Å². The second-order valence-electron chi connectivity index (χ2n) is 5.21. The summed E-state index contributed by atoms with van der Waals surface area (Å²) in [6.07, 6.45) is -5.12. The van der Waals surface area contributed by atoms with Crippen molar-refractivity contribution in [1.82, 2.24) is 10.6 Å². The van der Waals surface area contributed by atoms with Gasteiger partial charge in [-0.2, -0.15) is 13.2 Å². The molecule has 140 valence electrons. The average Bonchev–Trinajstić information content (AvgIpc) is 2.52. The number of nitrogens with one attached hydrogen (secondary N) is 2. The molecule has 2 N–H and O–H groups in total. The first kappa shape index (κ1) is 20.9. The second-order valence-corrected chi connectivity index (χ2v) is 5.21. The summed E-state index contributed by atoms with van der Waals surface area (Å²) in [5, 5.41) is 3.61. The number of amides is 1. The smallest absolute Gasteiger partial charge is 0.436 e. The molecule has 0 aliphatic heterocycles. The molecule has 0 aliphatic rings. The van der Waals surface area contributed by atoms with Crippen LogP contribution < -0.4 is 10.6 Å². The molecule has 1 unspecified atom stereocenters. The van der Waals surface area contributed by atoms with E-state index in [1.54, 1.807) is 12.2 Å². The van der Waals surface area contributed by atoms with Crippen molar-refractivity contribution < 1.29 is 31.9 Å². The Balaban J connectivity index is 3.20. The molecule has 1 atom stereocenters. The van der Waals surface area contributed by atoms with E-state index in [1.165, 1.54) is 25.1 Å². The normalized spacial score (nSPS) is 13.8. The molecule has 0 aromatic heterocycles. The van der Waals surface area contributed by atoms with Gasteiger partial charge < -0.3 is 10.1 Å². The summed E-state index contributed by atoms with van der Waals surface area (Å²) >= 11 is 0. The molecule has 0 aliphatic carbocycles. The summed E-state index contributed by atoms with van der Waals surface area (Å²) < 4.78 is 59.2. The Bertz CT molecular complexity index is 607. The van der Waals surface area contributed by atoms with Gasteiger partial charge in [0.1, 0.15) is 5.82 Å². The Morgan fingerprint density at radius 3 is 2.32 bits per heavy atom. The highest BCUT2D eigenvalue weighted by Gasteiger charge is 2.63. The van der Waals surface area contributed by atoms with E-state index >= 15 is 0 Å². The molecule has 1 aromatic carbocycles. The fourth-order valence-electron chi connectivity index (χ4n) is 2.06. The minimum Gasteiger partial charge on any atom is -0.463 e. The van der Waals surface area contributed by atoms with Crippen molar-refractivity contribution >= 4 is 11.9 Å². The van der Waals surface area contributed by atoms with Crippen LogP contribution in [0.25, 0.3) is 0 Å². The molecule has 0 spiro atoms. The highest BCUT2D eigenvalue weighted by Crippen LogP contribution is 2.30. The monoisotopic (exact) mass is 364 g/mol. The molecule has 0 saturated heterocycles. The van der Waals surface area contributed by atoms with Gasteiger partial charge in [-0.1, -0.05) is 25.1 Å². The van der Waals surface area contributed by atoms with E-state index in [2.05, 4.69) is 4.74 Å². The van der Waals surface area contributed by atoms with Gasteiger partial charge in [0.25, 0.3) is 5.66 Å². The molecule has 25 heavy (non-hydrogen) atoms. The average molecular weight is 364 g/mol. The van der Waals surface area contributed by atoms with Crippen molar-refractivity contribution in [3.63, 3.8) is 0 Å². The lowest BCUT2D eigenvalue weighted by Gasteiger charge is -2.35. The van der Waals surface area contributed by atoms with Gasteiger partial charge in [0.15, 0.2) is 0 Å². The van der Waals surface area contributed by atoms with Crippen molar-refractivity contribution in [2.45, 2.75) is 45.1 Å². The topological polar surface area (TPSA) is 67.4 Å². The van der Waals surface area contributed by atoms with Crippen LogP contribution in [0.15, 0.2) is 24.3 Å². The molecule has 0 fully saturated rings. The molecule has 5 nitrogen and oxygen atoms in total. The Kier molecular flexibility index (Phi) is 7.35. The zero-order valence-electron chi connectivity index (χ0n) is 13.9. The standard InChI is InChI=1S/C16H20F4N2O3/c1-3-7-13(23)22-15(16(18,19)20,14(24)25-4-2)21-10-11-8-5-6-9-12(11)17/h5-6,8-9,21H,3-4,7,10H2,1-2H3,(H,22,23). The van der Waals surface area contributed by atoms with Gasteiger partial charge in [0, 0.05) is 18.5 Å². The summed E-state index contributed by atoms with van der Waals surface area (Å²) in [6, 6.07) is 5.16. The summed E-state index contributed by atoms with van der Waals surface area (Å²) in [7, 11) is 0. The van der Waals surface area contributed by atoms with Crippen LogP contribution >= 0.6 is 0 Å². The Hall–Kier alpha value is -2.16. The summed E-state index contributed by atoms with van der Waals surface area (Å²) in [6.45, 7) is 1.98. The Morgan fingerprint density at radius 2 is 1.80 bits per heavy atom. The van der Waals surface area contributed by atoms with E-state index in [1.807, 2.05) is 5.32 Å². The predicted octanol–water partition coefficient (Wildman–Crippen LogP) is 2.65. The molecule has 0 saturated carbocycles. The molecule has 9 heteroatoms. The van der Waals surface area contributed by atoms with Crippen LogP contribution in [0.1, 0.15) is 32.3 Å². The van der Waals surface area contributed by atoms with Crippen LogP contribution in [0.2, 0.25) is 0 Å². The lowest BCUT2D eigenvalue weighted by Crippen LogP contribution is -2.72. The van der Waals surface area contributed by atoms with E-state index in [4.69, 9.17) is 0 Å². The fourth-order valence-corrected chi connectivity index (χ4v) is 2.06. The number of esters is 1. The summed E-state index contributed by atoms with van der Waals surface area (Å²) in [5.74, 6) is -3.42. The number of carbonyl (C=O) groups excluding carboxylic acids is 2. The number of carbonyl (C=O) groups is 2. The third-order valence-electron chi connectivity index (χ3n) is 3.31. The Morgan fingerprint density at radius 1 is 1.16 bits per heavy atom. The van der Waals surface area contributed by atoms with Gasteiger partial charge in [-0.15, -0.1) is 0 Å². The number of halogens is 4. The van der Waals surface area contributed by atoms with Gasteiger partial charge in [0.05, 0.1) is 6.61 Å². The van der Waals surface area contributed by atoms with Gasteiger partial charge in [-0.05, 0) is 19.4 Å². The predicted molar refractivity (Wildman–Crippen MR) is 81.7 cm³/mol. The largest absolute Gasteiger partial charge is 0.463 e. The first-order valence-electron chi connectivity index (χ1n) is 7.71. The highest BCUT2D eigenvalue weighted by atomic mass is 19.4. The van der Waals surface area contributed by atoms with Gasteiger partial charge in [-0.3, -0.25) is 10.1 Å². The lowest BCUT2D eigenvalue weighted by atomic mass is 10.1. The number of benzene rings is 1. The van der Waals surface area contributed by atoms with Crippen LogP contribution in [-0.4, -0.2) is 30.3 Å². The van der Waals surface area contributed by atoms with E-state index in [-0.39, 0.29) is 25.0 Å². The fraction of sp³-hybridized carbons (Fsp3) is 0.500. The maximum atomic E-state index is 13.7.